The van der Waals surface area contributed by atoms with Gasteiger partial charge >= 0.3 is 0 Å². The van der Waals surface area contributed by atoms with Crippen LogP contribution in [0.2, 0.25) is 10.0 Å². The SMILES string of the molecule is O=C(NC1CCCc2ccccc21)c1ccc(CS(=O)(=O)c2c(Cl)cccc2Cl)o1. The lowest BCUT2D eigenvalue weighted by molar-refractivity contribution is 0.0903. The molecule has 1 aliphatic rings. The Morgan fingerprint density at radius 3 is 2.53 bits per heavy atom. The van der Waals surface area contributed by atoms with E-state index in [0.717, 1.165) is 24.8 Å². The Labute approximate surface area is 184 Å². The maximum atomic E-state index is 12.7. The molecule has 4 rings (SSSR count). The van der Waals surface area contributed by atoms with Crippen LogP contribution in [0, 0.1) is 0 Å². The van der Waals surface area contributed by atoms with E-state index in [0.29, 0.717) is 0 Å². The number of rotatable bonds is 5. The van der Waals surface area contributed by atoms with Crippen LogP contribution in [0.4, 0.5) is 0 Å². The fourth-order valence-electron chi connectivity index (χ4n) is 3.75. The van der Waals surface area contributed by atoms with E-state index in [-0.39, 0.29) is 38.4 Å². The van der Waals surface area contributed by atoms with Gasteiger partial charge in [0, 0.05) is 0 Å². The summed E-state index contributed by atoms with van der Waals surface area (Å²) < 4.78 is 31.0. The topological polar surface area (TPSA) is 76.4 Å². The molecule has 5 nitrogen and oxygen atoms in total. The number of fused-ring (bicyclic) bond motifs is 1. The van der Waals surface area contributed by atoms with E-state index in [9.17, 15) is 13.2 Å². The molecule has 3 aromatic rings. The van der Waals surface area contributed by atoms with Crippen molar-refractivity contribution >= 4 is 38.9 Å². The summed E-state index contributed by atoms with van der Waals surface area (Å²) in [5.41, 5.74) is 2.34. The first-order valence-electron chi connectivity index (χ1n) is 9.49. The van der Waals surface area contributed by atoms with Crippen molar-refractivity contribution in [2.24, 2.45) is 0 Å². The lowest BCUT2D eigenvalue weighted by Gasteiger charge is -2.26. The molecule has 1 aromatic heterocycles. The van der Waals surface area contributed by atoms with E-state index < -0.39 is 15.6 Å². The molecule has 1 aliphatic carbocycles. The number of sulfone groups is 1. The first-order chi connectivity index (χ1) is 14.3. The number of hydrogen-bond acceptors (Lipinski definition) is 4. The van der Waals surface area contributed by atoms with E-state index in [2.05, 4.69) is 11.4 Å². The van der Waals surface area contributed by atoms with Gasteiger partial charge < -0.3 is 9.73 Å². The Morgan fingerprint density at radius 1 is 1.03 bits per heavy atom. The van der Waals surface area contributed by atoms with Gasteiger partial charge in [-0.2, -0.15) is 0 Å². The van der Waals surface area contributed by atoms with Crippen LogP contribution in [0.5, 0.6) is 0 Å². The van der Waals surface area contributed by atoms with Crippen LogP contribution >= 0.6 is 23.2 Å². The lowest BCUT2D eigenvalue weighted by atomic mass is 9.88. The maximum Gasteiger partial charge on any atom is 0.287 e. The van der Waals surface area contributed by atoms with Gasteiger partial charge in [0.2, 0.25) is 0 Å². The van der Waals surface area contributed by atoms with Gasteiger partial charge in [-0.1, -0.05) is 53.5 Å². The Kier molecular flexibility index (Phi) is 5.91. The zero-order valence-corrected chi connectivity index (χ0v) is 18.2. The third-order valence-corrected chi connectivity index (χ3v) is 7.70. The van der Waals surface area contributed by atoms with E-state index in [4.69, 9.17) is 27.6 Å². The van der Waals surface area contributed by atoms with Gasteiger partial charge in [0.05, 0.1) is 16.1 Å². The van der Waals surface area contributed by atoms with Crippen molar-refractivity contribution in [3.8, 4) is 0 Å². The number of furan rings is 1. The number of benzene rings is 2. The van der Waals surface area contributed by atoms with Crippen LogP contribution < -0.4 is 5.32 Å². The summed E-state index contributed by atoms with van der Waals surface area (Å²) in [5, 5.41) is 3.08. The zero-order valence-electron chi connectivity index (χ0n) is 15.9. The van der Waals surface area contributed by atoms with Crippen LogP contribution in [0.15, 0.2) is 63.9 Å². The first-order valence-corrected chi connectivity index (χ1v) is 11.9. The molecule has 1 heterocycles. The fourth-order valence-corrected chi connectivity index (χ4v) is 6.26. The molecule has 0 bridgehead atoms. The van der Waals surface area contributed by atoms with Gasteiger partial charge in [-0.15, -0.1) is 0 Å². The average molecular weight is 464 g/mol. The van der Waals surface area contributed by atoms with Crippen LogP contribution in [0.3, 0.4) is 0 Å². The largest absolute Gasteiger partial charge is 0.455 e. The maximum absolute atomic E-state index is 12.7. The van der Waals surface area contributed by atoms with E-state index in [1.165, 1.54) is 29.8 Å². The minimum absolute atomic E-state index is 0.0444. The summed E-state index contributed by atoms with van der Waals surface area (Å²) >= 11 is 12.1. The number of carbonyl (C=O) groups excluding carboxylic acids is 1. The summed E-state index contributed by atoms with van der Waals surface area (Å²) in [6.45, 7) is 0. The highest BCUT2D eigenvalue weighted by Crippen LogP contribution is 2.32. The van der Waals surface area contributed by atoms with Gasteiger partial charge in [0.25, 0.3) is 5.91 Å². The van der Waals surface area contributed by atoms with Gasteiger partial charge in [0.1, 0.15) is 16.4 Å². The number of carbonyl (C=O) groups is 1. The van der Waals surface area contributed by atoms with Gasteiger partial charge in [-0.3, -0.25) is 4.79 Å². The smallest absolute Gasteiger partial charge is 0.287 e. The number of aryl methyl sites for hydroxylation is 1. The molecular weight excluding hydrogens is 445 g/mol. The molecule has 1 atom stereocenters. The summed E-state index contributed by atoms with van der Waals surface area (Å²) in [6.07, 6.45) is 2.83. The quantitative estimate of drug-likeness (QED) is 0.551. The number of halogens is 2. The van der Waals surface area contributed by atoms with Gasteiger partial charge in [-0.25, -0.2) is 8.42 Å². The molecule has 0 saturated carbocycles. The van der Waals surface area contributed by atoms with E-state index >= 15 is 0 Å². The second kappa shape index (κ2) is 8.46. The number of hydrogen-bond donors (Lipinski definition) is 1. The summed E-state index contributed by atoms with van der Waals surface area (Å²) in [6, 6.07) is 15.4. The van der Waals surface area contributed by atoms with E-state index in [1.54, 1.807) is 6.07 Å². The highest BCUT2D eigenvalue weighted by molar-refractivity contribution is 7.90. The molecule has 0 aliphatic heterocycles. The Balaban J connectivity index is 1.50. The van der Waals surface area contributed by atoms with Crippen molar-refractivity contribution in [3.05, 3.63) is 87.3 Å². The molecule has 1 amide bonds. The number of amides is 1. The Hall–Kier alpha value is -2.28. The van der Waals surface area contributed by atoms with Crippen molar-refractivity contribution in [2.45, 2.75) is 36.0 Å². The second-order valence-corrected chi connectivity index (χ2v) is 9.93. The van der Waals surface area contributed by atoms with Crippen LogP contribution in [-0.2, 0) is 22.0 Å². The molecule has 1 N–H and O–H groups in total. The summed E-state index contributed by atoms with van der Waals surface area (Å²) in [7, 11) is -3.84. The normalized spacial score (nSPS) is 16.1. The highest BCUT2D eigenvalue weighted by atomic mass is 35.5. The average Bonchev–Trinajstić information content (AvgIpc) is 3.16. The standard InChI is InChI=1S/C22H19Cl2NO4S/c23-17-8-4-9-18(24)21(17)30(27,28)13-15-11-12-20(29-15)22(26)25-19-10-3-6-14-5-1-2-7-16(14)19/h1-2,4-5,7-9,11-12,19H,3,6,10,13H2,(H,25,26). The molecule has 0 saturated heterocycles. The minimum atomic E-state index is -3.84. The Bertz CT molecular complexity index is 1180. The predicted molar refractivity (Wildman–Crippen MR) is 116 cm³/mol. The van der Waals surface area contributed by atoms with Crippen LogP contribution in [0.25, 0.3) is 0 Å². The summed E-state index contributed by atoms with van der Waals surface area (Å²) in [4.78, 5) is 12.5. The van der Waals surface area contributed by atoms with Crippen molar-refractivity contribution in [1.82, 2.24) is 5.32 Å². The third kappa shape index (κ3) is 4.26. The molecule has 0 spiro atoms. The van der Waals surface area contributed by atoms with Crippen molar-refractivity contribution in [2.75, 3.05) is 0 Å². The highest BCUT2D eigenvalue weighted by Gasteiger charge is 2.26. The van der Waals surface area contributed by atoms with Crippen molar-refractivity contribution in [3.63, 3.8) is 0 Å². The molecule has 8 heteroatoms. The summed E-state index contributed by atoms with van der Waals surface area (Å²) in [5.74, 6) is -0.625. The molecule has 156 valence electrons. The molecule has 2 aromatic carbocycles. The zero-order chi connectivity index (χ0) is 21.3. The minimum Gasteiger partial charge on any atom is -0.455 e. The van der Waals surface area contributed by atoms with Gasteiger partial charge in [0.15, 0.2) is 15.6 Å². The molecule has 0 radical (unpaired) electrons. The second-order valence-electron chi connectivity index (χ2n) is 7.19. The molecular formula is C22H19Cl2NO4S. The number of nitrogens with one attached hydrogen (secondary N) is 1. The first kappa shape index (κ1) is 21.0. The van der Waals surface area contributed by atoms with E-state index in [1.807, 2.05) is 18.2 Å². The van der Waals surface area contributed by atoms with Crippen molar-refractivity contribution in [1.29, 1.82) is 0 Å². The van der Waals surface area contributed by atoms with Crippen LogP contribution in [0.1, 0.15) is 46.3 Å². The molecule has 30 heavy (non-hydrogen) atoms. The lowest BCUT2D eigenvalue weighted by Crippen LogP contribution is -2.30. The van der Waals surface area contributed by atoms with Crippen LogP contribution in [-0.4, -0.2) is 14.3 Å². The predicted octanol–water partition coefficient (Wildman–Crippen LogP) is 5.37. The van der Waals surface area contributed by atoms with Crippen molar-refractivity contribution < 1.29 is 17.6 Å². The molecule has 1 unspecified atom stereocenters. The fraction of sp³-hybridized carbons (Fsp3) is 0.227. The third-order valence-electron chi connectivity index (χ3n) is 5.12. The monoisotopic (exact) mass is 463 g/mol. The Morgan fingerprint density at radius 2 is 1.77 bits per heavy atom. The molecule has 0 fully saturated rings. The van der Waals surface area contributed by atoms with Gasteiger partial charge in [-0.05, 0) is 54.7 Å².